The number of hydrogen-bond donors (Lipinski definition) is 1. The van der Waals surface area contributed by atoms with Crippen molar-refractivity contribution in [1.82, 2.24) is 5.32 Å². The summed E-state index contributed by atoms with van der Waals surface area (Å²) >= 11 is 6.92. The standard InChI is InChI=1S/C14H21Br2NO/c1-2-17-9-5-3-4-6-10-18-14-8-7-12(15)11-13(14)16/h7-8,11,17H,2-6,9-10H2,1H3. The fourth-order valence-corrected chi connectivity index (χ4v) is 2.82. The maximum Gasteiger partial charge on any atom is 0.133 e. The predicted molar refractivity (Wildman–Crippen MR) is 84.3 cm³/mol. The minimum absolute atomic E-state index is 0.793. The first-order chi connectivity index (χ1) is 8.74. The van der Waals surface area contributed by atoms with Crippen molar-refractivity contribution in [1.29, 1.82) is 0 Å². The van der Waals surface area contributed by atoms with Crippen LogP contribution in [0, 0.1) is 0 Å². The van der Waals surface area contributed by atoms with Crippen molar-refractivity contribution >= 4 is 31.9 Å². The molecule has 0 amide bonds. The van der Waals surface area contributed by atoms with Crippen LogP contribution in [-0.4, -0.2) is 19.7 Å². The molecule has 0 spiro atoms. The topological polar surface area (TPSA) is 21.3 Å². The number of ether oxygens (including phenoxy) is 1. The average Bonchev–Trinajstić information content (AvgIpc) is 2.35. The highest BCUT2D eigenvalue weighted by atomic mass is 79.9. The molecule has 1 aromatic rings. The number of hydrogen-bond acceptors (Lipinski definition) is 2. The van der Waals surface area contributed by atoms with E-state index in [0.717, 1.165) is 40.8 Å². The van der Waals surface area contributed by atoms with Gasteiger partial charge in [-0.3, -0.25) is 0 Å². The largest absolute Gasteiger partial charge is 0.492 e. The lowest BCUT2D eigenvalue weighted by atomic mass is 10.2. The summed E-state index contributed by atoms with van der Waals surface area (Å²) in [7, 11) is 0. The number of nitrogens with one attached hydrogen (secondary N) is 1. The van der Waals surface area contributed by atoms with E-state index in [1.807, 2.05) is 18.2 Å². The molecular weight excluding hydrogens is 358 g/mol. The molecule has 18 heavy (non-hydrogen) atoms. The smallest absolute Gasteiger partial charge is 0.133 e. The van der Waals surface area contributed by atoms with Gasteiger partial charge in [-0.2, -0.15) is 0 Å². The zero-order valence-electron chi connectivity index (χ0n) is 10.8. The van der Waals surface area contributed by atoms with Crippen LogP contribution in [0.1, 0.15) is 32.6 Å². The Hall–Kier alpha value is -0.0600. The van der Waals surface area contributed by atoms with E-state index in [0.29, 0.717) is 0 Å². The number of unbranched alkanes of at least 4 members (excludes halogenated alkanes) is 3. The Kier molecular flexibility index (Phi) is 8.72. The maximum atomic E-state index is 5.74. The van der Waals surface area contributed by atoms with Gasteiger partial charge in [0.25, 0.3) is 0 Å². The second-order valence-electron chi connectivity index (χ2n) is 4.19. The zero-order valence-corrected chi connectivity index (χ0v) is 14.0. The van der Waals surface area contributed by atoms with Crippen LogP contribution in [0.15, 0.2) is 27.1 Å². The molecule has 0 radical (unpaired) electrons. The first-order valence-electron chi connectivity index (χ1n) is 6.52. The first kappa shape index (κ1) is 16.0. The second-order valence-corrected chi connectivity index (χ2v) is 5.96. The van der Waals surface area contributed by atoms with Gasteiger partial charge in [0, 0.05) is 4.47 Å². The summed E-state index contributed by atoms with van der Waals surface area (Å²) in [6, 6.07) is 5.99. The summed E-state index contributed by atoms with van der Waals surface area (Å²) in [5, 5.41) is 3.34. The summed E-state index contributed by atoms with van der Waals surface area (Å²) in [6.45, 7) is 5.14. The van der Waals surface area contributed by atoms with Gasteiger partial charge in [0.15, 0.2) is 0 Å². The van der Waals surface area contributed by atoms with Gasteiger partial charge in [-0.1, -0.05) is 35.7 Å². The third-order valence-electron chi connectivity index (χ3n) is 2.65. The van der Waals surface area contributed by atoms with Gasteiger partial charge < -0.3 is 10.1 Å². The number of rotatable bonds is 9. The monoisotopic (exact) mass is 377 g/mol. The van der Waals surface area contributed by atoms with Gasteiger partial charge in [0.1, 0.15) is 5.75 Å². The quantitative estimate of drug-likeness (QED) is 0.625. The van der Waals surface area contributed by atoms with Crippen LogP contribution in [0.2, 0.25) is 0 Å². The summed E-state index contributed by atoms with van der Waals surface area (Å²) in [6.07, 6.45) is 4.89. The van der Waals surface area contributed by atoms with Gasteiger partial charge in [-0.15, -0.1) is 0 Å². The van der Waals surface area contributed by atoms with Crippen molar-refractivity contribution in [3.63, 3.8) is 0 Å². The lowest BCUT2D eigenvalue weighted by Crippen LogP contribution is -2.13. The Morgan fingerprint density at radius 3 is 2.61 bits per heavy atom. The van der Waals surface area contributed by atoms with E-state index in [4.69, 9.17) is 4.74 Å². The van der Waals surface area contributed by atoms with E-state index in [-0.39, 0.29) is 0 Å². The van der Waals surface area contributed by atoms with Crippen molar-refractivity contribution in [3.05, 3.63) is 27.1 Å². The van der Waals surface area contributed by atoms with Crippen LogP contribution in [-0.2, 0) is 0 Å². The molecule has 1 rings (SSSR count). The van der Waals surface area contributed by atoms with E-state index < -0.39 is 0 Å². The fourth-order valence-electron chi connectivity index (χ4n) is 1.66. The number of benzene rings is 1. The van der Waals surface area contributed by atoms with Crippen molar-refractivity contribution in [3.8, 4) is 5.75 Å². The Balaban J connectivity index is 2.07. The normalized spacial score (nSPS) is 10.6. The fraction of sp³-hybridized carbons (Fsp3) is 0.571. The van der Waals surface area contributed by atoms with Crippen LogP contribution in [0.3, 0.4) is 0 Å². The molecule has 0 heterocycles. The SMILES string of the molecule is CCNCCCCCCOc1ccc(Br)cc1Br. The Morgan fingerprint density at radius 2 is 1.89 bits per heavy atom. The molecule has 2 nitrogen and oxygen atoms in total. The lowest BCUT2D eigenvalue weighted by Gasteiger charge is -2.08. The van der Waals surface area contributed by atoms with Crippen LogP contribution < -0.4 is 10.1 Å². The Labute approximate surface area is 127 Å². The van der Waals surface area contributed by atoms with Gasteiger partial charge in [0.05, 0.1) is 11.1 Å². The van der Waals surface area contributed by atoms with E-state index in [1.165, 1.54) is 19.3 Å². The first-order valence-corrected chi connectivity index (χ1v) is 8.11. The Bertz CT molecular complexity index is 345. The minimum atomic E-state index is 0.793. The summed E-state index contributed by atoms with van der Waals surface area (Å²) in [5.74, 6) is 0.922. The van der Waals surface area contributed by atoms with Gasteiger partial charge in [0.2, 0.25) is 0 Å². The summed E-state index contributed by atoms with van der Waals surface area (Å²) in [5.41, 5.74) is 0. The molecule has 0 bridgehead atoms. The van der Waals surface area contributed by atoms with E-state index >= 15 is 0 Å². The van der Waals surface area contributed by atoms with Crippen LogP contribution in [0.5, 0.6) is 5.75 Å². The van der Waals surface area contributed by atoms with E-state index in [2.05, 4.69) is 44.1 Å². The molecule has 102 valence electrons. The highest BCUT2D eigenvalue weighted by Gasteiger charge is 2.01. The molecule has 0 aromatic heterocycles. The third-order valence-corrected chi connectivity index (χ3v) is 3.76. The summed E-state index contributed by atoms with van der Waals surface area (Å²) < 4.78 is 7.80. The molecule has 0 aliphatic heterocycles. The zero-order chi connectivity index (χ0) is 13.2. The van der Waals surface area contributed by atoms with Crippen LogP contribution in [0.4, 0.5) is 0 Å². The molecule has 0 saturated carbocycles. The minimum Gasteiger partial charge on any atom is -0.492 e. The van der Waals surface area contributed by atoms with Gasteiger partial charge in [-0.25, -0.2) is 0 Å². The van der Waals surface area contributed by atoms with E-state index in [9.17, 15) is 0 Å². The lowest BCUT2D eigenvalue weighted by molar-refractivity contribution is 0.302. The maximum absolute atomic E-state index is 5.74. The molecule has 0 atom stereocenters. The van der Waals surface area contributed by atoms with Crippen molar-refractivity contribution in [2.75, 3.05) is 19.7 Å². The average molecular weight is 379 g/mol. The third kappa shape index (κ3) is 6.76. The molecule has 0 aliphatic rings. The molecule has 0 fully saturated rings. The Morgan fingerprint density at radius 1 is 1.11 bits per heavy atom. The molecule has 0 unspecified atom stereocenters. The van der Waals surface area contributed by atoms with Gasteiger partial charge in [-0.05, 0) is 60.1 Å². The van der Waals surface area contributed by atoms with E-state index in [1.54, 1.807) is 0 Å². The highest BCUT2D eigenvalue weighted by Crippen LogP contribution is 2.28. The van der Waals surface area contributed by atoms with Crippen molar-refractivity contribution in [2.45, 2.75) is 32.6 Å². The molecular formula is C14H21Br2NO. The summed E-state index contributed by atoms with van der Waals surface area (Å²) in [4.78, 5) is 0. The molecule has 1 aromatic carbocycles. The van der Waals surface area contributed by atoms with Crippen molar-refractivity contribution in [2.24, 2.45) is 0 Å². The highest BCUT2D eigenvalue weighted by molar-refractivity contribution is 9.11. The molecule has 1 N–H and O–H groups in total. The van der Waals surface area contributed by atoms with Crippen LogP contribution >= 0.6 is 31.9 Å². The van der Waals surface area contributed by atoms with Crippen LogP contribution in [0.25, 0.3) is 0 Å². The molecule has 4 heteroatoms. The van der Waals surface area contributed by atoms with Gasteiger partial charge >= 0.3 is 0 Å². The number of halogens is 2. The second kappa shape index (κ2) is 9.82. The molecule has 0 aliphatic carbocycles. The predicted octanol–water partition coefficient (Wildman–Crippen LogP) is 4.76. The molecule has 0 saturated heterocycles. The van der Waals surface area contributed by atoms with Crippen molar-refractivity contribution < 1.29 is 4.74 Å².